The Morgan fingerprint density at radius 2 is 2.00 bits per heavy atom. The maximum atomic E-state index is 11.3. The number of benzene rings is 2. The first kappa shape index (κ1) is 22.0. The number of carbonyl (C=O) groups excluding carboxylic acids is 1. The first-order chi connectivity index (χ1) is 14.4. The lowest BCUT2D eigenvalue weighted by atomic mass is 9.98. The fourth-order valence-electron chi connectivity index (χ4n) is 2.79. The molecule has 30 heavy (non-hydrogen) atoms. The van der Waals surface area contributed by atoms with E-state index in [-0.39, 0.29) is 18.3 Å². The number of allylic oxidation sites excluding steroid dienone is 1. The highest BCUT2D eigenvalue weighted by atomic mass is 35.5. The molecule has 0 saturated heterocycles. The summed E-state index contributed by atoms with van der Waals surface area (Å²) < 4.78 is 5.41. The van der Waals surface area contributed by atoms with E-state index in [4.69, 9.17) is 33.7 Å². The Morgan fingerprint density at radius 1 is 1.30 bits per heavy atom. The van der Waals surface area contributed by atoms with Gasteiger partial charge < -0.3 is 20.9 Å². The molecule has 2 aromatic rings. The number of hydrogen-bond acceptors (Lipinski definition) is 5. The van der Waals surface area contributed by atoms with E-state index < -0.39 is 0 Å². The Kier molecular flexibility index (Phi) is 7.24. The van der Waals surface area contributed by atoms with Crippen molar-refractivity contribution in [3.05, 3.63) is 63.3 Å². The van der Waals surface area contributed by atoms with Gasteiger partial charge in [0.25, 0.3) is 5.91 Å². The largest absolute Gasteiger partial charge is 0.507 e. The minimum absolute atomic E-state index is 0.118. The Bertz CT molecular complexity index is 978. The molecule has 0 atom stereocenters. The van der Waals surface area contributed by atoms with E-state index in [9.17, 15) is 9.90 Å². The fraction of sp³-hybridized carbons (Fsp3) is 0.273. The van der Waals surface area contributed by atoms with Crippen molar-refractivity contribution in [3.63, 3.8) is 0 Å². The van der Waals surface area contributed by atoms with E-state index in [0.29, 0.717) is 45.0 Å². The Hall–Kier alpha value is -2.70. The average Bonchev–Trinajstić information content (AvgIpc) is 3.55. The average molecular weight is 448 g/mol. The molecule has 1 fully saturated rings. The van der Waals surface area contributed by atoms with Crippen molar-refractivity contribution in [2.24, 2.45) is 10.7 Å². The molecule has 0 bridgehead atoms. The number of carbonyl (C=O) groups is 1. The van der Waals surface area contributed by atoms with Gasteiger partial charge in [-0.2, -0.15) is 0 Å². The number of aromatic hydroxyl groups is 1. The number of likely N-dealkylation sites (N-methyl/N-ethyl adjacent to an activating group) is 1. The summed E-state index contributed by atoms with van der Waals surface area (Å²) in [6, 6.07) is 8.86. The van der Waals surface area contributed by atoms with Crippen molar-refractivity contribution in [2.75, 3.05) is 13.7 Å². The monoisotopic (exact) mass is 447 g/mol. The van der Waals surface area contributed by atoms with Crippen molar-refractivity contribution in [2.45, 2.75) is 25.3 Å². The van der Waals surface area contributed by atoms with Crippen LogP contribution in [0.2, 0.25) is 10.0 Å². The number of phenols is 1. The van der Waals surface area contributed by atoms with Crippen molar-refractivity contribution < 1.29 is 14.6 Å². The second-order valence-electron chi connectivity index (χ2n) is 6.99. The number of amides is 1. The van der Waals surface area contributed by atoms with Gasteiger partial charge in [0.05, 0.1) is 6.04 Å². The lowest BCUT2D eigenvalue weighted by Crippen LogP contribution is -2.24. The normalized spacial score (nSPS) is 14.2. The Balaban J connectivity index is 1.81. The van der Waals surface area contributed by atoms with Crippen LogP contribution >= 0.6 is 23.2 Å². The van der Waals surface area contributed by atoms with Crippen molar-refractivity contribution in [1.82, 2.24) is 5.32 Å². The minimum atomic E-state index is -0.253. The quantitative estimate of drug-likeness (QED) is 0.533. The molecule has 0 spiro atoms. The summed E-state index contributed by atoms with van der Waals surface area (Å²) in [5.41, 5.74) is 8.61. The van der Waals surface area contributed by atoms with Crippen LogP contribution in [0.5, 0.6) is 11.5 Å². The van der Waals surface area contributed by atoms with Gasteiger partial charge in [-0.1, -0.05) is 29.3 Å². The van der Waals surface area contributed by atoms with Crippen LogP contribution in [0.1, 0.15) is 29.5 Å². The molecular weight excluding hydrogens is 425 g/mol. The summed E-state index contributed by atoms with van der Waals surface area (Å²) in [5.74, 6) is 0.276. The molecule has 0 unspecified atom stereocenters. The van der Waals surface area contributed by atoms with Crippen LogP contribution in [-0.4, -0.2) is 36.9 Å². The molecule has 1 saturated carbocycles. The van der Waals surface area contributed by atoms with Crippen LogP contribution in [0.3, 0.4) is 0 Å². The number of aliphatic imine (C=N–C) groups is 1. The maximum absolute atomic E-state index is 11.3. The van der Waals surface area contributed by atoms with Crippen molar-refractivity contribution >= 4 is 40.9 Å². The molecular formula is C22H23Cl2N3O3. The van der Waals surface area contributed by atoms with E-state index in [0.717, 1.165) is 18.4 Å². The second kappa shape index (κ2) is 9.87. The van der Waals surface area contributed by atoms with Crippen LogP contribution in [0.15, 0.2) is 41.5 Å². The molecule has 158 valence electrons. The first-order valence-electron chi connectivity index (χ1n) is 9.50. The number of ether oxygens (including phenoxy) is 1. The van der Waals surface area contributed by atoms with Gasteiger partial charge in [0.15, 0.2) is 6.61 Å². The summed E-state index contributed by atoms with van der Waals surface area (Å²) in [6.07, 6.45) is 5.75. The van der Waals surface area contributed by atoms with Crippen LogP contribution in [0, 0.1) is 0 Å². The highest BCUT2D eigenvalue weighted by Gasteiger charge is 2.19. The summed E-state index contributed by atoms with van der Waals surface area (Å²) in [7, 11) is 1.53. The van der Waals surface area contributed by atoms with Gasteiger partial charge in [-0.05, 0) is 48.2 Å². The van der Waals surface area contributed by atoms with Crippen LogP contribution < -0.4 is 15.8 Å². The van der Waals surface area contributed by atoms with Gasteiger partial charge >= 0.3 is 0 Å². The van der Waals surface area contributed by atoms with Gasteiger partial charge in [-0.3, -0.25) is 9.79 Å². The SMILES string of the molecule is CNC(=O)COc1cc(Cl)c(Cc2ccc(O)c(/C(C=NC3CC3)=C/N)c2)c(Cl)c1. The van der Waals surface area contributed by atoms with Gasteiger partial charge in [0.1, 0.15) is 11.5 Å². The summed E-state index contributed by atoms with van der Waals surface area (Å²) in [6.45, 7) is -0.125. The predicted octanol–water partition coefficient (Wildman–Crippen LogP) is 3.95. The number of rotatable bonds is 8. The Morgan fingerprint density at radius 3 is 2.60 bits per heavy atom. The third-order valence-corrected chi connectivity index (χ3v) is 5.34. The van der Waals surface area contributed by atoms with Crippen molar-refractivity contribution in [1.29, 1.82) is 0 Å². The van der Waals surface area contributed by atoms with E-state index in [2.05, 4.69) is 10.3 Å². The number of phenolic OH excluding ortho intramolecular Hbond substituents is 1. The smallest absolute Gasteiger partial charge is 0.257 e. The zero-order valence-electron chi connectivity index (χ0n) is 16.5. The number of nitrogens with two attached hydrogens (primary N) is 1. The number of halogens is 2. The first-order valence-corrected chi connectivity index (χ1v) is 10.3. The standard InChI is InChI=1S/C22H23Cl2N3O3/c1-26-22(29)12-30-16-8-19(23)18(20(24)9-16)7-13-2-5-21(28)17(6-13)14(10-25)11-27-15-3-4-15/h2,5-6,8-11,15,28H,3-4,7,12,25H2,1H3,(H,26,29)/b14-10+,27-11?. The molecule has 8 heteroatoms. The summed E-state index contributed by atoms with van der Waals surface area (Å²) in [4.78, 5) is 15.8. The van der Waals surface area contributed by atoms with Crippen LogP contribution in [0.4, 0.5) is 0 Å². The lowest BCUT2D eigenvalue weighted by Gasteiger charge is -2.13. The van der Waals surface area contributed by atoms with E-state index in [1.54, 1.807) is 30.5 Å². The highest BCUT2D eigenvalue weighted by molar-refractivity contribution is 6.36. The molecule has 6 nitrogen and oxygen atoms in total. The van der Waals surface area contributed by atoms with Crippen LogP contribution in [-0.2, 0) is 11.2 Å². The van der Waals surface area contributed by atoms with Gasteiger partial charge in [0, 0.05) is 47.1 Å². The predicted molar refractivity (Wildman–Crippen MR) is 121 cm³/mol. The van der Waals surface area contributed by atoms with Gasteiger partial charge in [0.2, 0.25) is 0 Å². The van der Waals surface area contributed by atoms with E-state index >= 15 is 0 Å². The second-order valence-corrected chi connectivity index (χ2v) is 7.80. The van der Waals surface area contributed by atoms with E-state index in [1.807, 2.05) is 6.07 Å². The number of hydrogen-bond donors (Lipinski definition) is 3. The molecule has 1 aliphatic rings. The van der Waals surface area contributed by atoms with Crippen LogP contribution in [0.25, 0.3) is 5.57 Å². The molecule has 0 aromatic heterocycles. The number of nitrogens with zero attached hydrogens (tertiary/aromatic N) is 1. The summed E-state index contributed by atoms with van der Waals surface area (Å²) >= 11 is 12.8. The maximum Gasteiger partial charge on any atom is 0.257 e. The highest BCUT2D eigenvalue weighted by Crippen LogP contribution is 2.34. The Labute approximate surface area is 185 Å². The molecule has 0 heterocycles. The van der Waals surface area contributed by atoms with Crippen molar-refractivity contribution in [3.8, 4) is 11.5 Å². The summed E-state index contributed by atoms with van der Waals surface area (Å²) in [5, 5.41) is 13.6. The molecule has 2 aromatic carbocycles. The zero-order chi connectivity index (χ0) is 21.7. The molecule has 1 amide bonds. The number of nitrogens with one attached hydrogen (secondary N) is 1. The molecule has 1 aliphatic carbocycles. The topological polar surface area (TPSA) is 96.9 Å². The third kappa shape index (κ3) is 5.68. The zero-order valence-corrected chi connectivity index (χ0v) is 18.0. The molecule has 0 aliphatic heterocycles. The minimum Gasteiger partial charge on any atom is -0.507 e. The molecule has 3 rings (SSSR count). The molecule has 4 N–H and O–H groups in total. The van der Waals surface area contributed by atoms with Gasteiger partial charge in [-0.15, -0.1) is 0 Å². The van der Waals surface area contributed by atoms with E-state index in [1.165, 1.54) is 13.2 Å². The lowest BCUT2D eigenvalue weighted by molar-refractivity contribution is -0.122. The fourth-order valence-corrected chi connectivity index (χ4v) is 3.39. The van der Waals surface area contributed by atoms with Gasteiger partial charge in [-0.25, -0.2) is 0 Å². The molecule has 0 radical (unpaired) electrons. The third-order valence-electron chi connectivity index (χ3n) is 4.67.